The van der Waals surface area contributed by atoms with Crippen LogP contribution in [0.4, 0.5) is 0 Å². The second kappa shape index (κ2) is 2.51. The topological polar surface area (TPSA) is 8.29 Å². The summed E-state index contributed by atoms with van der Waals surface area (Å²) in [7, 11) is 0. The van der Waals surface area contributed by atoms with E-state index >= 15 is 0 Å². The zero-order valence-electron chi connectivity index (χ0n) is 6.10. The van der Waals surface area contributed by atoms with Gasteiger partial charge in [0.15, 0.2) is 0 Å². The summed E-state index contributed by atoms with van der Waals surface area (Å²) in [6.45, 7) is 4.57. The number of rotatable bonds is 2. The van der Waals surface area contributed by atoms with Crippen molar-refractivity contribution in [3.8, 4) is 0 Å². The van der Waals surface area contributed by atoms with Crippen LogP contribution in [0.1, 0.15) is 0 Å². The van der Waals surface area contributed by atoms with Crippen LogP contribution in [0.25, 0.3) is 4.83 Å². The second-order valence-electron chi connectivity index (χ2n) is 2.38. The van der Waals surface area contributed by atoms with E-state index in [-0.39, 0.29) is 0 Å². The van der Waals surface area contributed by atoms with Crippen molar-refractivity contribution in [3.63, 3.8) is 0 Å². The molecule has 3 heteroatoms. The standard InChI is InChI=1S/C8H9N2S/c1-2-3-9-6-8-10(7-9)4-5-11-8/h2,4-7H,1,3H2/q+1. The molecule has 0 fully saturated rings. The molecule has 2 heterocycles. The highest BCUT2D eigenvalue weighted by Gasteiger charge is 2.04. The minimum absolute atomic E-state index is 0.883. The van der Waals surface area contributed by atoms with Gasteiger partial charge in [0, 0.05) is 5.38 Å². The highest BCUT2D eigenvalue weighted by molar-refractivity contribution is 7.15. The van der Waals surface area contributed by atoms with E-state index in [0.717, 1.165) is 6.54 Å². The summed E-state index contributed by atoms with van der Waals surface area (Å²) in [5.41, 5.74) is 0. The molecule has 0 unspecified atom stereocenters. The van der Waals surface area contributed by atoms with Gasteiger partial charge in [-0.25, -0.2) is 4.57 Å². The number of thiazole rings is 1. The molecule has 0 aliphatic rings. The lowest BCUT2D eigenvalue weighted by Crippen LogP contribution is -2.29. The molecule has 0 aromatic carbocycles. The summed E-state index contributed by atoms with van der Waals surface area (Å²) in [5, 5.41) is 2.08. The van der Waals surface area contributed by atoms with Crippen molar-refractivity contribution in [1.29, 1.82) is 0 Å². The molecule has 0 N–H and O–H groups in total. The number of imidazole rings is 1. The summed E-state index contributed by atoms with van der Waals surface area (Å²) in [5.74, 6) is 0. The first-order chi connectivity index (χ1) is 5.40. The average Bonchev–Trinajstić information content (AvgIpc) is 2.46. The predicted molar refractivity (Wildman–Crippen MR) is 45.7 cm³/mol. The molecule has 0 bridgehead atoms. The Labute approximate surface area is 69.0 Å². The molecular formula is C8H9N2S+. The summed E-state index contributed by atoms with van der Waals surface area (Å²) in [6.07, 6.45) is 8.13. The van der Waals surface area contributed by atoms with Gasteiger partial charge in [0.1, 0.15) is 18.9 Å². The average molecular weight is 165 g/mol. The maximum absolute atomic E-state index is 3.68. The molecule has 2 aromatic rings. The van der Waals surface area contributed by atoms with Gasteiger partial charge in [-0.15, -0.1) is 0 Å². The van der Waals surface area contributed by atoms with E-state index in [1.54, 1.807) is 11.3 Å². The summed E-state index contributed by atoms with van der Waals surface area (Å²) >= 11 is 1.74. The van der Waals surface area contributed by atoms with Gasteiger partial charge in [-0.3, -0.25) is 0 Å². The van der Waals surface area contributed by atoms with Crippen molar-refractivity contribution in [2.75, 3.05) is 0 Å². The van der Waals surface area contributed by atoms with Gasteiger partial charge in [-0.2, -0.15) is 4.40 Å². The monoisotopic (exact) mass is 165 g/mol. The fourth-order valence-corrected chi connectivity index (χ4v) is 1.83. The molecule has 0 atom stereocenters. The molecule has 56 valence electrons. The normalized spacial score (nSPS) is 10.5. The lowest BCUT2D eigenvalue weighted by molar-refractivity contribution is -0.685. The van der Waals surface area contributed by atoms with E-state index in [4.69, 9.17) is 0 Å². The van der Waals surface area contributed by atoms with Gasteiger partial charge >= 0.3 is 0 Å². The van der Waals surface area contributed by atoms with Crippen LogP contribution in [-0.2, 0) is 6.54 Å². The van der Waals surface area contributed by atoms with Crippen molar-refractivity contribution in [3.05, 3.63) is 36.8 Å². The van der Waals surface area contributed by atoms with E-state index in [9.17, 15) is 0 Å². The van der Waals surface area contributed by atoms with E-state index in [1.165, 1.54) is 4.83 Å². The number of nitrogens with zero attached hydrogens (tertiary/aromatic N) is 2. The van der Waals surface area contributed by atoms with Crippen LogP contribution < -0.4 is 4.57 Å². The third-order valence-electron chi connectivity index (χ3n) is 1.55. The van der Waals surface area contributed by atoms with Crippen molar-refractivity contribution in [1.82, 2.24) is 4.40 Å². The molecule has 0 spiro atoms. The Hall–Kier alpha value is -1.09. The number of hydrogen-bond donors (Lipinski definition) is 0. The Bertz CT molecular complexity index is 343. The second-order valence-corrected chi connectivity index (χ2v) is 3.30. The quantitative estimate of drug-likeness (QED) is 0.470. The van der Waals surface area contributed by atoms with E-state index in [2.05, 4.69) is 39.6 Å². The number of fused-ring (bicyclic) bond motifs is 1. The highest BCUT2D eigenvalue weighted by atomic mass is 32.1. The molecule has 0 radical (unpaired) electrons. The summed E-state index contributed by atoms with van der Waals surface area (Å²) in [4.78, 5) is 1.27. The van der Waals surface area contributed by atoms with Crippen LogP contribution in [0.5, 0.6) is 0 Å². The Kier molecular flexibility index (Phi) is 1.51. The van der Waals surface area contributed by atoms with Gasteiger partial charge in [0.25, 0.3) is 0 Å². The molecule has 0 aliphatic heterocycles. The van der Waals surface area contributed by atoms with Gasteiger partial charge in [0.05, 0.1) is 0 Å². The Morgan fingerprint density at radius 1 is 1.73 bits per heavy atom. The van der Waals surface area contributed by atoms with Gasteiger partial charge in [-0.1, -0.05) is 24.0 Å². The molecule has 0 saturated heterocycles. The molecule has 2 rings (SSSR count). The van der Waals surface area contributed by atoms with Crippen molar-refractivity contribution < 1.29 is 4.57 Å². The van der Waals surface area contributed by atoms with Crippen LogP contribution >= 0.6 is 11.3 Å². The molecule has 0 aliphatic carbocycles. The van der Waals surface area contributed by atoms with Crippen LogP contribution in [0.2, 0.25) is 0 Å². The Balaban J connectivity index is 2.49. The van der Waals surface area contributed by atoms with E-state index < -0.39 is 0 Å². The lowest BCUT2D eigenvalue weighted by atomic mass is 10.6. The molecule has 2 aromatic heterocycles. The number of aromatic nitrogens is 2. The van der Waals surface area contributed by atoms with E-state index in [0.29, 0.717) is 0 Å². The smallest absolute Gasteiger partial charge is 0.231 e. The molecule has 0 saturated carbocycles. The predicted octanol–water partition coefficient (Wildman–Crippen LogP) is 1.47. The first-order valence-electron chi connectivity index (χ1n) is 3.45. The maximum atomic E-state index is 3.68. The van der Waals surface area contributed by atoms with Crippen LogP contribution in [0, 0.1) is 0 Å². The zero-order chi connectivity index (χ0) is 7.68. The van der Waals surface area contributed by atoms with E-state index in [1.807, 2.05) is 6.08 Å². The molecule has 2 nitrogen and oxygen atoms in total. The fourth-order valence-electron chi connectivity index (χ4n) is 1.08. The first kappa shape index (κ1) is 6.61. The van der Waals surface area contributed by atoms with Crippen molar-refractivity contribution in [2.24, 2.45) is 0 Å². The highest BCUT2D eigenvalue weighted by Crippen LogP contribution is 2.07. The minimum Gasteiger partial charge on any atom is -0.231 e. The van der Waals surface area contributed by atoms with Gasteiger partial charge in [-0.05, 0) is 0 Å². The minimum atomic E-state index is 0.883. The molecule has 0 amide bonds. The summed E-state index contributed by atoms with van der Waals surface area (Å²) < 4.78 is 4.22. The summed E-state index contributed by atoms with van der Waals surface area (Å²) in [6, 6.07) is 0. The molecule has 11 heavy (non-hydrogen) atoms. The van der Waals surface area contributed by atoms with Crippen LogP contribution in [0.3, 0.4) is 0 Å². The zero-order valence-corrected chi connectivity index (χ0v) is 6.92. The fraction of sp³-hybridized carbons (Fsp3) is 0.125. The largest absolute Gasteiger partial charge is 0.249 e. The van der Waals surface area contributed by atoms with Gasteiger partial charge in [0.2, 0.25) is 11.2 Å². The number of allylic oxidation sites excluding steroid dienone is 1. The van der Waals surface area contributed by atoms with Gasteiger partial charge < -0.3 is 0 Å². The first-order valence-corrected chi connectivity index (χ1v) is 4.33. The van der Waals surface area contributed by atoms with Crippen LogP contribution in [0.15, 0.2) is 36.8 Å². The lowest BCUT2D eigenvalue weighted by Gasteiger charge is -1.82. The van der Waals surface area contributed by atoms with Crippen molar-refractivity contribution >= 4 is 16.2 Å². The third kappa shape index (κ3) is 1.07. The Morgan fingerprint density at radius 2 is 2.64 bits per heavy atom. The molecular weight excluding hydrogens is 156 g/mol. The number of hydrogen-bond acceptors (Lipinski definition) is 1. The Morgan fingerprint density at radius 3 is 3.36 bits per heavy atom. The van der Waals surface area contributed by atoms with Crippen molar-refractivity contribution in [2.45, 2.75) is 6.54 Å². The van der Waals surface area contributed by atoms with Crippen LogP contribution in [-0.4, -0.2) is 4.40 Å². The SMILES string of the molecule is C=CC[n+]1cc2sccn2c1. The maximum Gasteiger partial charge on any atom is 0.249 e. The third-order valence-corrected chi connectivity index (χ3v) is 2.37.